The number of hydrazine groups is 1. The molecule has 0 atom stereocenters. The molecular weight excluding hydrogens is 340 g/mol. The lowest BCUT2D eigenvalue weighted by Crippen LogP contribution is -2.38. The molecule has 0 bridgehead atoms. The van der Waals surface area contributed by atoms with Crippen molar-refractivity contribution in [3.05, 3.63) is 58.9 Å². The number of carbonyl (C=O) groups is 1. The molecule has 6 heteroatoms. The van der Waals surface area contributed by atoms with E-state index in [9.17, 15) is 4.79 Å². The van der Waals surface area contributed by atoms with E-state index in [2.05, 4.69) is 27.7 Å². The number of hydrogen-bond acceptors (Lipinski definition) is 4. The summed E-state index contributed by atoms with van der Waals surface area (Å²) in [6, 6.07) is 11.6. The SMILES string of the molecule is CCCc1nc2c(C)cc(C(=O)NNCCc3ccc(OC)cc3)cc2[nH]1. The number of aromatic amines is 1. The third-order valence-electron chi connectivity index (χ3n) is 4.47. The highest BCUT2D eigenvalue weighted by Gasteiger charge is 2.11. The van der Waals surface area contributed by atoms with Gasteiger partial charge >= 0.3 is 0 Å². The lowest BCUT2D eigenvalue weighted by Gasteiger charge is -2.08. The number of methoxy groups -OCH3 is 1. The number of rotatable bonds is 8. The number of H-pyrrole nitrogens is 1. The number of hydrogen-bond donors (Lipinski definition) is 3. The van der Waals surface area contributed by atoms with E-state index in [1.54, 1.807) is 7.11 Å². The largest absolute Gasteiger partial charge is 0.497 e. The quantitative estimate of drug-likeness (QED) is 0.422. The summed E-state index contributed by atoms with van der Waals surface area (Å²) in [5, 5.41) is 0. The van der Waals surface area contributed by atoms with Crippen LogP contribution in [0.2, 0.25) is 0 Å². The summed E-state index contributed by atoms with van der Waals surface area (Å²) < 4.78 is 5.15. The molecule has 2 aromatic carbocycles. The van der Waals surface area contributed by atoms with Crippen LogP contribution in [0.1, 0.15) is 40.7 Å². The minimum Gasteiger partial charge on any atom is -0.497 e. The van der Waals surface area contributed by atoms with Gasteiger partial charge < -0.3 is 9.72 Å². The Kier molecular flexibility index (Phi) is 6.08. The maximum atomic E-state index is 12.4. The molecule has 0 aliphatic rings. The van der Waals surface area contributed by atoms with Crippen molar-refractivity contribution in [1.29, 1.82) is 0 Å². The maximum absolute atomic E-state index is 12.4. The van der Waals surface area contributed by atoms with Crippen LogP contribution in [0.15, 0.2) is 36.4 Å². The average molecular weight is 366 g/mol. The van der Waals surface area contributed by atoms with Crippen molar-refractivity contribution < 1.29 is 9.53 Å². The van der Waals surface area contributed by atoms with Gasteiger partial charge in [-0.2, -0.15) is 0 Å². The second-order valence-electron chi connectivity index (χ2n) is 6.60. The Bertz CT molecular complexity index is 916. The van der Waals surface area contributed by atoms with E-state index in [0.717, 1.165) is 47.4 Å². The van der Waals surface area contributed by atoms with Crippen LogP contribution in [0.5, 0.6) is 5.75 Å². The summed E-state index contributed by atoms with van der Waals surface area (Å²) in [6.07, 6.45) is 2.75. The van der Waals surface area contributed by atoms with Crippen molar-refractivity contribution in [1.82, 2.24) is 20.8 Å². The second kappa shape index (κ2) is 8.68. The van der Waals surface area contributed by atoms with Crippen molar-refractivity contribution in [2.24, 2.45) is 0 Å². The van der Waals surface area contributed by atoms with Gasteiger partial charge in [0.15, 0.2) is 0 Å². The standard InChI is InChI=1S/C21H26N4O2/c1-4-5-19-23-18-13-16(12-14(2)20(18)24-19)21(26)25-22-11-10-15-6-8-17(27-3)9-7-15/h6-9,12-13,22H,4-5,10-11H2,1-3H3,(H,23,24)(H,25,26). The van der Waals surface area contributed by atoms with Crippen molar-refractivity contribution in [2.75, 3.05) is 13.7 Å². The molecule has 0 radical (unpaired) electrons. The number of aromatic nitrogens is 2. The maximum Gasteiger partial charge on any atom is 0.265 e. The van der Waals surface area contributed by atoms with E-state index >= 15 is 0 Å². The molecule has 0 fully saturated rings. The predicted octanol–water partition coefficient (Wildman–Crippen LogP) is 3.31. The third-order valence-corrected chi connectivity index (χ3v) is 4.47. The van der Waals surface area contributed by atoms with Crippen molar-refractivity contribution in [3.63, 3.8) is 0 Å². The first-order chi connectivity index (χ1) is 13.1. The lowest BCUT2D eigenvalue weighted by molar-refractivity contribution is 0.0933. The highest BCUT2D eigenvalue weighted by molar-refractivity contribution is 5.98. The van der Waals surface area contributed by atoms with Gasteiger partial charge in [0, 0.05) is 18.5 Å². The Balaban J connectivity index is 1.57. The van der Waals surface area contributed by atoms with Crippen LogP contribution in [0.3, 0.4) is 0 Å². The summed E-state index contributed by atoms with van der Waals surface area (Å²) in [5.74, 6) is 1.65. The summed E-state index contributed by atoms with van der Waals surface area (Å²) in [5.41, 5.74) is 10.4. The summed E-state index contributed by atoms with van der Waals surface area (Å²) in [7, 11) is 1.65. The minimum absolute atomic E-state index is 0.152. The van der Waals surface area contributed by atoms with Gasteiger partial charge in [-0.25, -0.2) is 10.4 Å². The molecule has 1 aromatic heterocycles. The molecule has 0 aliphatic heterocycles. The molecular formula is C21H26N4O2. The number of nitrogens with zero attached hydrogens (tertiary/aromatic N) is 1. The zero-order valence-corrected chi connectivity index (χ0v) is 16.1. The van der Waals surface area contributed by atoms with Gasteiger partial charge in [-0.3, -0.25) is 10.2 Å². The highest BCUT2D eigenvalue weighted by atomic mass is 16.5. The van der Waals surface area contributed by atoms with Crippen LogP contribution in [-0.2, 0) is 12.8 Å². The second-order valence-corrected chi connectivity index (χ2v) is 6.60. The Morgan fingerprint density at radius 3 is 2.67 bits per heavy atom. The first-order valence-electron chi connectivity index (χ1n) is 9.26. The van der Waals surface area contributed by atoms with Crippen LogP contribution in [0.4, 0.5) is 0 Å². The third kappa shape index (κ3) is 4.65. The van der Waals surface area contributed by atoms with Gasteiger partial charge in [0.2, 0.25) is 0 Å². The Morgan fingerprint density at radius 2 is 1.96 bits per heavy atom. The Labute approximate surface area is 159 Å². The van der Waals surface area contributed by atoms with E-state index in [4.69, 9.17) is 4.74 Å². The van der Waals surface area contributed by atoms with E-state index in [-0.39, 0.29) is 5.91 Å². The molecule has 27 heavy (non-hydrogen) atoms. The first-order valence-corrected chi connectivity index (χ1v) is 9.26. The Hall–Kier alpha value is -2.86. The molecule has 1 amide bonds. The normalized spacial score (nSPS) is 10.9. The first kappa shape index (κ1) is 18.9. The van der Waals surface area contributed by atoms with Gasteiger partial charge in [-0.15, -0.1) is 0 Å². The minimum atomic E-state index is -0.152. The van der Waals surface area contributed by atoms with Gasteiger partial charge in [-0.05, 0) is 55.2 Å². The van der Waals surface area contributed by atoms with Gasteiger partial charge in [0.25, 0.3) is 5.91 Å². The van der Waals surface area contributed by atoms with Crippen molar-refractivity contribution >= 4 is 16.9 Å². The summed E-state index contributed by atoms with van der Waals surface area (Å²) in [4.78, 5) is 20.4. The number of imidazole rings is 1. The van der Waals surface area contributed by atoms with E-state index < -0.39 is 0 Å². The lowest BCUT2D eigenvalue weighted by atomic mass is 10.1. The molecule has 3 rings (SSSR count). The Morgan fingerprint density at radius 1 is 1.19 bits per heavy atom. The van der Waals surface area contributed by atoms with Gasteiger partial charge in [-0.1, -0.05) is 19.1 Å². The number of amides is 1. The highest BCUT2D eigenvalue weighted by Crippen LogP contribution is 2.19. The van der Waals surface area contributed by atoms with E-state index in [0.29, 0.717) is 12.1 Å². The van der Waals surface area contributed by atoms with Crippen LogP contribution in [-0.4, -0.2) is 29.5 Å². The molecule has 0 aliphatic carbocycles. The number of benzene rings is 2. The van der Waals surface area contributed by atoms with Gasteiger partial charge in [0.05, 0.1) is 18.1 Å². The van der Waals surface area contributed by atoms with Crippen molar-refractivity contribution in [3.8, 4) is 5.75 Å². The molecule has 6 nitrogen and oxygen atoms in total. The summed E-state index contributed by atoms with van der Waals surface area (Å²) >= 11 is 0. The van der Waals surface area contributed by atoms with Crippen LogP contribution in [0, 0.1) is 6.92 Å². The summed E-state index contributed by atoms with van der Waals surface area (Å²) in [6.45, 7) is 4.74. The number of aryl methyl sites for hydroxylation is 2. The zero-order valence-electron chi connectivity index (χ0n) is 16.1. The van der Waals surface area contributed by atoms with Crippen LogP contribution >= 0.6 is 0 Å². The average Bonchev–Trinajstić information content (AvgIpc) is 3.09. The van der Waals surface area contributed by atoms with Crippen LogP contribution in [0.25, 0.3) is 11.0 Å². The molecule has 1 heterocycles. The number of carbonyl (C=O) groups excluding carboxylic acids is 1. The molecule has 0 spiro atoms. The number of nitrogens with one attached hydrogen (secondary N) is 3. The molecule has 0 saturated heterocycles. The van der Waals surface area contributed by atoms with E-state index in [1.807, 2.05) is 43.3 Å². The van der Waals surface area contributed by atoms with Crippen LogP contribution < -0.4 is 15.6 Å². The molecule has 3 aromatic rings. The molecule has 142 valence electrons. The van der Waals surface area contributed by atoms with E-state index in [1.165, 1.54) is 5.56 Å². The monoisotopic (exact) mass is 366 g/mol. The fourth-order valence-electron chi connectivity index (χ4n) is 3.04. The number of fused-ring (bicyclic) bond motifs is 1. The number of ether oxygens (including phenoxy) is 1. The smallest absolute Gasteiger partial charge is 0.265 e. The molecule has 0 saturated carbocycles. The predicted molar refractivity (Wildman–Crippen MR) is 107 cm³/mol. The molecule has 0 unspecified atom stereocenters. The molecule has 3 N–H and O–H groups in total. The zero-order chi connectivity index (χ0) is 19.2. The van der Waals surface area contributed by atoms with Gasteiger partial charge in [0.1, 0.15) is 11.6 Å². The van der Waals surface area contributed by atoms with Crippen molar-refractivity contribution in [2.45, 2.75) is 33.1 Å². The fourth-order valence-corrected chi connectivity index (χ4v) is 3.04. The fraction of sp³-hybridized carbons (Fsp3) is 0.333. The topological polar surface area (TPSA) is 79.0 Å².